The number of rotatable bonds is 3. The van der Waals surface area contributed by atoms with Crippen molar-refractivity contribution in [3.63, 3.8) is 0 Å². The van der Waals surface area contributed by atoms with E-state index in [2.05, 4.69) is 10.0 Å². The highest BCUT2D eigenvalue weighted by Crippen LogP contribution is 2.28. The third-order valence-corrected chi connectivity index (χ3v) is 6.34. The van der Waals surface area contributed by atoms with Gasteiger partial charge in [-0.1, -0.05) is 30.3 Å². The minimum atomic E-state index is -3.45. The van der Waals surface area contributed by atoms with Crippen LogP contribution >= 0.6 is 0 Å². The molecule has 116 valence electrons. The van der Waals surface area contributed by atoms with Crippen LogP contribution < -0.4 is 10.0 Å². The van der Waals surface area contributed by atoms with Gasteiger partial charge < -0.3 is 5.32 Å². The molecule has 2 aliphatic rings. The van der Waals surface area contributed by atoms with E-state index in [1.807, 2.05) is 30.3 Å². The molecule has 0 radical (unpaired) electrons. The maximum Gasteiger partial charge on any atom is 0.240 e. The fourth-order valence-electron chi connectivity index (χ4n) is 3.78. The summed E-state index contributed by atoms with van der Waals surface area (Å²) in [5.74, 6) is 0. The monoisotopic (exact) mass is 316 g/mol. The summed E-state index contributed by atoms with van der Waals surface area (Å²) in [6, 6.07) is 14.1. The SMILES string of the molecule is O=S(=O)(NC1CC2CCC(C1)N2)c1ccc2ccccc2c1. The van der Waals surface area contributed by atoms with Crippen LogP contribution in [0.3, 0.4) is 0 Å². The summed E-state index contributed by atoms with van der Waals surface area (Å²) in [4.78, 5) is 0.358. The van der Waals surface area contributed by atoms with E-state index in [0.29, 0.717) is 17.0 Å². The zero-order valence-corrected chi connectivity index (χ0v) is 13.1. The van der Waals surface area contributed by atoms with E-state index in [-0.39, 0.29) is 6.04 Å². The Morgan fingerprint density at radius 1 is 0.955 bits per heavy atom. The van der Waals surface area contributed by atoms with Crippen LogP contribution in [-0.2, 0) is 10.0 Å². The lowest BCUT2D eigenvalue weighted by atomic mass is 10.0. The first-order chi connectivity index (χ1) is 10.6. The smallest absolute Gasteiger partial charge is 0.240 e. The summed E-state index contributed by atoms with van der Waals surface area (Å²) in [6.07, 6.45) is 4.12. The van der Waals surface area contributed by atoms with Crippen molar-refractivity contribution in [1.82, 2.24) is 10.0 Å². The Morgan fingerprint density at radius 2 is 1.64 bits per heavy atom. The van der Waals surface area contributed by atoms with Crippen LogP contribution in [0, 0.1) is 0 Å². The van der Waals surface area contributed by atoms with Gasteiger partial charge in [0.15, 0.2) is 0 Å². The van der Waals surface area contributed by atoms with Gasteiger partial charge in [-0.05, 0) is 48.6 Å². The zero-order chi connectivity index (χ0) is 15.2. The summed E-state index contributed by atoms with van der Waals surface area (Å²) in [7, 11) is -3.45. The van der Waals surface area contributed by atoms with Crippen molar-refractivity contribution in [2.24, 2.45) is 0 Å². The topological polar surface area (TPSA) is 58.2 Å². The van der Waals surface area contributed by atoms with Crippen molar-refractivity contribution in [2.45, 2.75) is 48.7 Å². The molecule has 0 spiro atoms. The molecule has 2 N–H and O–H groups in total. The van der Waals surface area contributed by atoms with Gasteiger partial charge in [0.05, 0.1) is 4.90 Å². The van der Waals surface area contributed by atoms with Crippen molar-refractivity contribution in [3.05, 3.63) is 42.5 Å². The molecule has 0 aliphatic carbocycles. The van der Waals surface area contributed by atoms with Gasteiger partial charge in [0.1, 0.15) is 0 Å². The second kappa shape index (κ2) is 5.33. The Labute approximate surface area is 131 Å². The van der Waals surface area contributed by atoms with E-state index < -0.39 is 10.0 Å². The lowest BCUT2D eigenvalue weighted by molar-refractivity contribution is 0.345. The highest BCUT2D eigenvalue weighted by molar-refractivity contribution is 7.89. The van der Waals surface area contributed by atoms with Crippen molar-refractivity contribution in [3.8, 4) is 0 Å². The van der Waals surface area contributed by atoms with Gasteiger partial charge in [-0.2, -0.15) is 0 Å². The summed E-state index contributed by atoms with van der Waals surface area (Å²) in [5.41, 5.74) is 0. The standard InChI is InChI=1S/C17H20N2O2S/c20-22(21,19-16-10-14-6-7-15(11-16)18-14)17-8-5-12-3-1-2-4-13(12)9-17/h1-5,8-9,14-16,18-19H,6-7,10-11H2. The molecule has 4 rings (SSSR count). The molecule has 2 bridgehead atoms. The minimum Gasteiger partial charge on any atom is -0.311 e. The zero-order valence-electron chi connectivity index (χ0n) is 12.3. The second-order valence-corrected chi connectivity index (χ2v) is 8.15. The van der Waals surface area contributed by atoms with Crippen LogP contribution in [0.25, 0.3) is 10.8 Å². The number of hydrogen-bond donors (Lipinski definition) is 2. The van der Waals surface area contributed by atoms with E-state index in [0.717, 1.165) is 23.6 Å². The Morgan fingerprint density at radius 3 is 2.36 bits per heavy atom. The lowest BCUT2D eigenvalue weighted by Crippen LogP contribution is -2.47. The summed E-state index contributed by atoms with van der Waals surface area (Å²) in [6.45, 7) is 0. The van der Waals surface area contributed by atoms with Gasteiger partial charge >= 0.3 is 0 Å². The van der Waals surface area contributed by atoms with Crippen molar-refractivity contribution >= 4 is 20.8 Å². The number of fused-ring (bicyclic) bond motifs is 3. The van der Waals surface area contributed by atoms with E-state index in [4.69, 9.17) is 0 Å². The van der Waals surface area contributed by atoms with Crippen LogP contribution in [0.1, 0.15) is 25.7 Å². The molecule has 2 atom stereocenters. The van der Waals surface area contributed by atoms with Crippen molar-refractivity contribution in [2.75, 3.05) is 0 Å². The average Bonchev–Trinajstić information content (AvgIpc) is 2.85. The number of hydrogen-bond acceptors (Lipinski definition) is 3. The number of benzene rings is 2. The highest BCUT2D eigenvalue weighted by Gasteiger charge is 2.35. The normalized spacial score (nSPS) is 28.1. The first-order valence-electron chi connectivity index (χ1n) is 7.87. The van der Waals surface area contributed by atoms with E-state index in [1.54, 1.807) is 12.1 Å². The number of sulfonamides is 1. The predicted molar refractivity (Wildman–Crippen MR) is 87.2 cm³/mol. The van der Waals surface area contributed by atoms with E-state index >= 15 is 0 Å². The molecule has 2 unspecified atom stereocenters. The first-order valence-corrected chi connectivity index (χ1v) is 9.36. The van der Waals surface area contributed by atoms with Crippen LogP contribution in [0.2, 0.25) is 0 Å². The third-order valence-electron chi connectivity index (χ3n) is 4.83. The Balaban J connectivity index is 1.59. The first kappa shape index (κ1) is 14.2. The predicted octanol–water partition coefficient (Wildman–Crippen LogP) is 2.40. The van der Waals surface area contributed by atoms with Gasteiger partial charge in [-0.25, -0.2) is 13.1 Å². The molecule has 22 heavy (non-hydrogen) atoms. The molecule has 4 nitrogen and oxygen atoms in total. The summed E-state index contributed by atoms with van der Waals surface area (Å²) >= 11 is 0. The van der Waals surface area contributed by atoms with Gasteiger partial charge in [0.2, 0.25) is 10.0 Å². The third kappa shape index (κ3) is 2.64. The Kier molecular flexibility index (Phi) is 3.44. The molecule has 2 fully saturated rings. The van der Waals surface area contributed by atoms with Crippen molar-refractivity contribution in [1.29, 1.82) is 0 Å². The van der Waals surface area contributed by atoms with Crippen LogP contribution in [0.4, 0.5) is 0 Å². The van der Waals surface area contributed by atoms with Gasteiger partial charge in [0, 0.05) is 18.1 Å². The maximum atomic E-state index is 12.6. The molecule has 2 saturated heterocycles. The Bertz CT molecular complexity index is 791. The van der Waals surface area contributed by atoms with Crippen LogP contribution in [0.15, 0.2) is 47.4 Å². The molecular formula is C17H20N2O2S. The molecule has 2 aromatic carbocycles. The fraction of sp³-hybridized carbons (Fsp3) is 0.412. The van der Waals surface area contributed by atoms with E-state index in [9.17, 15) is 8.42 Å². The minimum absolute atomic E-state index is 0.0511. The molecule has 0 aromatic heterocycles. The lowest BCUT2D eigenvalue weighted by Gasteiger charge is -2.29. The Hall–Kier alpha value is -1.43. The van der Waals surface area contributed by atoms with Crippen LogP contribution in [-0.4, -0.2) is 26.5 Å². The highest BCUT2D eigenvalue weighted by atomic mass is 32.2. The summed E-state index contributed by atoms with van der Waals surface area (Å²) < 4.78 is 28.2. The average molecular weight is 316 g/mol. The van der Waals surface area contributed by atoms with Gasteiger partial charge in [-0.15, -0.1) is 0 Å². The maximum absolute atomic E-state index is 12.6. The number of nitrogens with one attached hydrogen (secondary N) is 2. The molecular weight excluding hydrogens is 296 g/mol. The molecule has 2 aliphatic heterocycles. The van der Waals surface area contributed by atoms with Crippen molar-refractivity contribution < 1.29 is 8.42 Å². The van der Waals surface area contributed by atoms with Crippen LogP contribution in [0.5, 0.6) is 0 Å². The number of piperidine rings is 1. The molecule has 5 heteroatoms. The van der Waals surface area contributed by atoms with Gasteiger partial charge in [0.25, 0.3) is 0 Å². The molecule has 2 aromatic rings. The fourth-order valence-corrected chi connectivity index (χ4v) is 5.07. The molecule has 0 amide bonds. The molecule has 2 heterocycles. The molecule has 0 saturated carbocycles. The second-order valence-electron chi connectivity index (χ2n) is 6.44. The largest absolute Gasteiger partial charge is 0.311 e. The summed E-state index contributed by atoms with van der Waals surface area (Å²) in [5, 5.41) is 5.55. The van der Waals surface area contributed by atoms with E-state index in [1.165, 1.54) is 12.8 Å². The van der Waals surface area contributed by atoms with Gasteiger partial charge in [-0.3, -0.25) is 0 Å². The quantitative estimate of drug-likeness (QED) is 0.914.